The van der Waals surface area contributed by atoms with E-state index in [1.165, 1.54) is 13.8 Å². The number of carbonyl (C=O) groups is 1. The Bertz CT molecular complexity index is 358. The summed E-state index contributed by atoms with van der Waals surface area (Å²) in [5.74, 6) is -0.697. The predicted octanol–water partition coefficient (Wildman–Crippen LogP) is 1.87. The molecule has 1 aromatic carbocycles. The molecule has 0 unspecified atom stereocenters. The lowest BCUT2D eigenvalue weighted by atomic mass is 10.1. The Kier molecular flexibility index (Phi) is 3.42. The Morgan fingerprint density at radius 2 is 2.20 bits per heavy atom. The summed E-state index contributed by atoms with van der Waals surface area (Å²) in [6.45, 7) is 2.28. The zero-order valence-corrected chi connectivity index (χ0v) is 8.75. The van der Waals surface area contributed by atoms with Crippen LogP contribution in [0.15, 0.2) is 24.3 Å². The fraction of sp³-hybridized carbons (Fsp3) is 0.364. The number of aliphatic hydroxyl groups excluding tert-OH is 1. The third-order valence-corrected chi connectivity index (χ3v) is 1.91. The number of anilines is 1. The zero-order valence-electron chi connectivity index (χ0n) is 8.75. The highest BCUT2D eigenvalue weighted by Crippen LogP contribution is 2.15. The SMILES string of the molecule is CC(C)(F)C(=O)Nc1cccc(CO)c1. The molecular weight excluding hydrogens is 197 g/mol. The lowest BCUT2D eigenvalue weighted by Crippen LogP contribution is -2.32. The Hall–Kier alpha value is -1.42. The highest BCUT2D eigenvalue weighted by molar-refractivity contribution is 5.96. The molecule has 0 saturated heterocycles. The molecule has 0 saturated carbocycles. The van der Waals surface area contributed by atoms with Gasteiger partial charge in [-0.15, -0.1) is 0 Å². The quantitative estimate of drug-likeness (QED) is 0.801. The summed E-state index contributed by atoms with van der Waals surface area (Å²) in [7, 11) is 0. The van der Waals surface area contributed by atoms with Crippen molar-refractivity contribution in [2.75, 3.05) is 5.32 Å². The molecule has 4 heteroatoms. The Morgan fingerprint density at radius 3 is 2.73 bits per heavy atom. The molecule has 0 aliphatic carbocycles. The fourth-order valence-electron chi connectivity index (χ4n) is 1.03. The van der Waals surface area contributed by atoms with E-state index in [-0.39, 0.29) is 6.61 Å². The molecule has 0 aromatic heterocycles. The van der Waals surface area contributed by atoms with Crippen LogP contribution in [-0.2, 0) is 11.4 Å². The number of hydrogen-bond donors (Lipinski definition) is 2. The number of amides is 1. The van der Waals surface area contributed by atoms with Gasteiger partial charge in [0.25, 0.3) is 5.91 Å². The van der Waals surface area contributed by atoms with Crippen LogP contribution in [0.3, 0.4) is 0 Å². The van der Waals surface area contributed by atoms with Crippen molar-refractivity contribution in [2.45, 2.75) is 26.1 Å². The molecule has 0 aliphatic heterocycles. The molecule has 0 radical (unpaired) electrons. The van der Waals surface area contributed by atoms with Gasteiger partial charge in [-0.1, -0.05) is 12.1 Å². The minimum absolute atomic E-state index is 0.108. The van der Waals surface area contributed by atoms with E-state index < -0.39 is 11.6 Å². The zero-order chi connectivity index (χ0) is 11.5. The van der Waals surface area contributed by atoms with E-state index in [9.17, 15) is 9.18 Å². The number of aliphatic hydroxyl groups is 1. The minimum Gasteiger partial charge on any atom is -0.392 e. The Labute approximate surface area is 87.9 Å². The normalized spacial score (nSPS) is 11.2. The van der Waals surface area contributed by atoms with Crippen molar-refractivity contribution in [3.63, 3.8) is 0 Å². The molecule has 0 atom stereocenters. The summed E-state index contributed by atoms with van der Waals surface area (Å²) in [6.07, 6.45) is 0. The molecular formula is C11H14FNO2. The smallest absolute Gasteiger partial charge is 0.261 e. The number of nitrogens with one attached hydrogen (secondary N) is 1. The third-order valence-electron chi connectivity index (χ3n) is 1.91. The lowest BCUT2D eigenvalue weighted by Gasteiger charge is -2.14. The second-order valence-electron chi connectivity index (χ2n) is 3.79. The lowest BCUT2D eigenvalue weighted by molar-refractivity contribution is -0.125. The maximum Gasteiger partial charge on any atom is 0.261 e. The maximum absolute atomic E-state index is 13.2. The van der Waals surface area contributed by atoms with Crippen LogP contribution in [0.25, 0.3) is 0 Å². The van der Waals surface area contributed by atoms with Gasteiger partial charge in [0, 0.05) is 5.69 Å². The molecule has 1 rings (SSSR count). The van der Waals surface area contributed by atoms with Gasteiger partial charge in [0.2, 0.25) is 0 Å². The highest BCUT2D eigenvalue weighted by Gasteiger charge is 2.26. The molecule has 0 spiro atoms. The van der Waals surface area contributed by atoms with E-state index >= 15 is 0 Å². The van der Waals surface area contributed by atoms with Crippen LogP contribution in [0.5, 0.6) is 0 Å². The molecule has 0 heterocycles. The average molecular weight is 211 g/mol. The van der Waals surface area contributed by atoms with Gasteiger partial charge in [-0.25, -0.2) is 4.39 Å². The van der Waals surface area contributed by atoms with Crippen LogP contribution in [0, 0.1) is 0 Å². The summed E-state index contributed by atoms with van der Waals surface area (Å²) in [5.41, 5.74) is -0.753. The maximum atomic E-state index is 13.2. The molecule has 0 fully saturated rings. The topological polar surface area (TPSA) is 49.3 Å². The highest BCUT2D eigenvalue weighted by atomic mass is 19.1. The van der Waals surface area contributed by atoms with Gasteiger partial charge < -0.3 is 10.4 Å². The van der Waals surface area contributed by atoms with Gasteiger partial charge >= 0.3 is 0 Å². The van der Waals surface area contributed by atoms with E-state index in [4.69, 9.17) is 5.11 Å². The molecule has 15 heavy (non-hydrogen) atoms. The largest absolute Gasteiger partial charge is 0.392 e. The van der Waals surface area contributed by atoms with Crippen LogP contribution in [-0.4, -0.2) is 16.7 Å². The van der Waals surface area contributed by atoms with E-state index in [2.05, 4.69) is 5.32 Å². The standard InChI is InChI=1S/C11H14FNO2/c1-11(2,12)10(15)13-9-5-3-4-8(6-9)7-14/h3-6,14H,7H2,1-2H3,(H,13,15). The molecule has 1 amide bonds. The molecule has 1 aromatic rings. The van der Waals surface area contributed by atoms with Crippen LogP contribution >= 0.6 is 0 Å². The van der Waals surface area contributed by atoms with Crippen molar-refractivity contribution in [3.05, 3.63) is 29.8 Å². The van der Waals surface area contributed by atoms with Crippen LogP contribution in [0.2, 0.25) is 0 Å². The summed E-state index contributed by atoms with van der Waals surface area (Å²) in [4.78, 5) is 11.3. The van der Waals surface area contributed by atoms with Crippen molar-refractivity contribution in [1.29, 1.82) is 0 Å². The Balaban J connectivity index is 2.77. The van der Waals surface area contributed by atoms with Gasteiger partial charge in [-0.05, 0) is 31.5 Å². The van der Waals surface area contributed by atoms with Gasteiger partial charge in [-0.2, -0.15) is 0 Å². The summed E-state index contributed by atoms with van der Waals surface area (Å²) < 4.78 is 13.2. The minimum atomic E-state index is -1.91. The number of carbonyl (C=O) groups excluding carboxylic acids is 1. The van der Waals surface area contributed by atoms with E-state index in [0.717, 1.165) is 0 Å². The summed E-state index contributed by atoms with van der Waals surface area (Å²) >= 11 is 0. The molecule has 0 bridgehead atoms. The number of rotatable bonds is 3. The van der Waals surface area contributed by atoms with Gasteiger partial charge in [0.15, 0.2) is 5.67 Å². The van der Waals surface area contributed by atoms with E-state index in [0.29, 0.717) is 11.3 Å². The summed E-state index contributed by atoms with van der Waals surface area (Å²) in [5, 5.41) is 11.3. The van der Waals surface area contributed by atoms with E-state index in [1.807, 2.05) is 0 Å². The van der Waals surface area contributed by atoms with Gasteiger partial charge in [-0.3, -0.25) is 4.79 Å². The van der Waals surface area contributed by atoms with Crippen molar-refractivity contribution >= 4 is 11.6 Å². The van der Waals surface area contributed by atoms with Crippen LogP contribution in [0.4, 0.5) is 10.1 Å². The van der Waals surface area contributed by atoms with Crippen molar-refractivity contribution in [2.24, 2.45) is 0 Å². The number of alkyl halides is 1. The molecule has 2 N–H and O–H groups in total. The summed E-state index contributed by atoms with van der Waals surface area (Å²) in [6, 6.07) is 6.65. The second kappa shape index (κ2) is 4.40. The predicted molar refractivity (Wildman–Crippen MR) is 56.2 cm³/mol. The second-order valence-corrected chi connectivity index (χ2v) is 3.79. The first-order valence-electron chi connectivity index (χ1n) is 4.63. The average Bonchev–Trinajstić information content (AvgIpc) is 2.16. The van der Waals surface area contributed by atoms with Crippen molar-refractivity contribution < 1.29 is 14.3 Å². The third kappa shape index (κ3) is 3.32. The van der Waals surface area contributed by atoms with Gasteiger partial charge in [0.1, 0.15) is 0 Å². The number of benzene rings is 1. The van der Waals surface area contributed by atoms with Crippen LogP contribution < -0.4 is 5.32 Å². The van der Waals surface area contributed by atoms with E-state index in [1.54, 1.807) is 24.3 Å². The fourth-order valence-corrected chi connectivity index (χ4v) is 1.03. The van der Waals surface area contributed by atoms with Crippen molar-refractivity contribution in [3.8, 4) is 0 Å². The molecule has 82 valence electrons. The first-order chi connectivity index (χ1) is 6.93. The van der Waals surface area contributed by atoms with Gasteiger partial charge in [0.05, 0.1) is 6.61 Å². The Morgan fingerprint density at radius 1 is 1.53 bits per heavy atom. The molecule has 3 nitrogen and oxygen atoms in total. The van der Waals surface area contributed by atoms with Crippen molar-refractivity contribution in [1.82, 2.24) is 0 Å². The van der Waals surface area contributed by atoms with Crippen LogP contribution in [0.1, 0.15) is 19.4 Å². The first kappa shape index (κ1) is 11.7. The number of hydrogen-bond acceptors (Lipinski definition) is 2. The monoisotopic (exact) mass is 211 g/mol. The first-order valence-corrected chi connectivity index (χ1v) is 4.63. The molecule has 0 aliphatic rings. The number of halogens is 1.